The van der Waals surface area contributed by atoms with Gasteiger partial charge in [-0.1, -0.05) is 109 Å². The molecular formula is C27H19Cl. The third-order valence-corrected chi connectivity index (χ3v) is 6.14. The Morgan fingerprint density at radius 1 is 0.429 bits per heavy atom. The van der Waals surface area contributed by atoms with Gasteiger partial charge in [0.25, 0.3) is 0 Å². The van der Waals surface area contributed by atoms with Gasteiger partial charge in [0.15, 0.2) is 0 Å². The van der Waals surface area contributed by atoms with Crippen molar-refractivity contribution in [2.24, 2.45) is 0 Å². The fourth-order valence-electron chi connectivity index (χ4n) is 4.05. The van der Waals surface area contributed by atoms with Crippen LogP contribution in [-0.2, 0) is 4.87 Å². The predicted molar refractivity (Wildman–Crippen MR) is 120 cm³/mol. The van der Waals surface area contributed by atoms with Gasteiger partial charge in [-0.2, -0.15) is 0 Å². The Hall–Kier alpha value is -3.09. The quantitative estimate of drug-likeness (QED) is 0.173. The van der Waals surface area contributed by atoms with Crippen LogP contribution in [-0.4, -0.2) is 0 Å². The highest BCUT2D eigenvalue weighted by atomic mass is 35.5. The smallest absolute Gasteiger partial charge is 0.104 e. The molecule has 0 aliphatic rings. The van der Waals surface area contributed by atoms with Gasteiger partial charge in [-0.25, -0.2) is 0 Å². The van der Waals surface area contributed by atoms with Crippen LogP contribution >= 0.6 is 11.6 Å². The van der Waals surface area contributed by atoms with Gasteiger partial charge in [0.05, 0.1) is 0 Å². The zero-order valence-corrected chi connectivity index (χ0v) is 16.1. The molecule has 0 atom stereocenters. The first-order valence-electron chi connectivity index (χ1n) is 9.49. The van der Waals surface area contributed by atoms with Crippen molar-refractivity contribution >= 4 is 33.1 Å². The van der Waals surface area contributed by atoms with E-state index >= 15 is 0 Å². The van der Waals surface area contributed by atoms with E-state index in [1.807, 2.05) is 36.4 Å². The summed E-state index contributed by atoms with van der Waals surface area (Å²) in [6, 6.07) is 40.1. The predicted octanol–water partition coefficient (Wildman–Crippen LogP) is 7.52. The number of hydrogen-bond acceptors (Lipinski definition) is 0. The molecule has 1 heteroatoms. The standard InChI is InChI=1S/C27H19Cl/c28-27(22-10-3-1-4-11-22,23-12-5-2-6-13-23)24-18-17-21-16-15-20-9-7-8-14-25(20)26(21)19-24/h1-19H. The lowest BCUT2D eigenvalue weighted by Gasteiger charge is -2.29. The summed E-state index contributed by atoms with van der Waals surface area (Å²) in [5, 5.41) is 4.95. The van der Waals surface area contributed by atoms with Crippen molar-refractivity contribution in [1.82, 2.24) is 0 Å². The molecule has 134 valence electrons. The molecule has 0 unspecified atom stereocenters. The molecule has 0 spiro atoms. The van der Waals surface area contributed by atoms with E-state index in [0.29, 0.717) is 0 Å². The number of halogens is 1. The average Bonchev–Trinajstić information content (AvgIpc) is 2.79. The molecule has 0 bridgehead atoms. The van der Waals surface area contributed by atoms with Crippen LogP contribution in [0.5, 0.6) is 0 Å². The molecule has 5 rings (SSSR count). The minimum atomic E-state index is -0.742. The molecule has 28 heavy (non-hydrogen) atoms. The highest BCUT2D eigenvalue weighted by molar-refractivity contribution is 6.28. The molecule has 0 nitrogen and oxygen atoms in total. The number of rotatable bonds is 3. The van der Waals surface area contributed by atoms with Gasteiger partial charge >= 0.3 is 0 Å². The summed E-state index contributed by atoms with van der Waals surface area (Å²) < 4.78 is 0. The maximum absolute atomic E-state index is 7.47. The average molecular weight is 379 g/mol. The minimum absolute atomic E-state index is 0.742. The van der Waals surface area contributed by atoms with Gasteiger partial charge in [0.1, 0.15) is 4.87 Å². The zero-order chi connectivity index (χ0) is 19.0. The summed E-state index contributed by atoms with van der Waals surface area (Å²) in [4.78, 5) is -0.742. The van der Waals surface area contributed by atoms with Gasteiger partial charge < -0.3 is 0 Å². The van der Waals surface area contributed by atoms with E-state index in [4.69, 9.17) is 11.6 Å². The first kappa shape index (κ1) is 17.0. The molecule has 0 saturated carbocycles. The van der Waals surface area contributed by atoms with Crippen molar-refractivity contribution in [3.05, 3.63) is 132 Å². The van der Waals surface area contributed by atoms with Crippen LogP contribution in [0.15, 0.2) is 115 Å². The van der Waals surface area contributed by atoms with Crippen molar-refractivity contribution in [3.63, 3.8) is 0 Å². The third-order valence-electron chi connectivity index (χ3n) is 5.49. The van der Waals surface area contributed by atoms with E-state index < -0.39 is 4.87 Å². The molecule has 0 saturated heterocycles. The monoisotopic (exact) mass is 378 g/mol. The molecule has 0 aliphatic carbocycles. The highest BCUT2D eigenvalue weighted by Gasteiger charge is 2.34. The molecule has 5 aromatic carbocycles. The number of fused-ring (bicyclic) bond motifs is 3. The first-order valence-corrected chi connectivity index (χ1v) is 9.86. The fraction of sp³-hybridized carbons (Fsp3) is 0.0370. The Kier molecular flexibility index (Phi) is 4.15. The summed E-state index contributed by atoms with van der Waals surface area (Å²) in [5.74, 6) is 0. The molecule has 0 heterocycles. The largest absolute Gasteiger partial charge is 0.119 e. The third kappa shape index (κ3) is 2.69. The topological polar surface area (TPSA) is 0 Å². The van der Waals surface area contributed by atoms with E-state index in [1.165, 1.54) is 21.5 Å². The van der Waals surface area contributed by atoms with E-state index in [2.05, 4.69) is 78.9 Å². The lowest BCUT2D eigenvalue weighted by Crippen LogP contribution is -2.22. The first-order chi connectivity index (χ1) is 13.8. The Balaban J connectivity index is 1.82. The maximum Gasteiger partial charge on any atom is 0.119 e. The Morgan fingerprint density at radius 3 is 1.57 bits per heavy atom. The summed E-state index contributed by atoms with van der Waals surface area (Å²) in [6.07, 6.45) is 0. The lowest BCUT2D eigenvalue weighted by molar-refractivity contribution is 0.882. The summed E-state index contributed by atoms with van der Waals surface area (Å²) >= 11 is 7.47. The molecule has 0 aliphatic heterocycles. The second-order valence-corrected chi connectivity index (χ2v) is 7.68. The van der Waals surface area contributed by atoms with Crippen LogP contribution in [0, 0.1) is 0 Å². The molecule has 0 radical (unpaired) electrons. The zero-order valence-electron chi connectivity index (χ0n) is 15.3. The number of alkyl halides is 1. The second kappa shape index (κ2) is 6.82. The summed E-state index contributed by atoms with van der Waals surface area (Å²) in [5.41, 5.74) is 3.22. The van der Waals surface area contributed by atoms with Crippen molar-refractivity contribution in [2.45, 2.75) is 4.87 Å². The summed E-state index contributed by atoms with van der Waals surface area (Å²) in [7, 11) is 0. The molecule has 0 aromatic heterocycles. The second-order valence-electron chi connectivity index (χ2n) is 7.11. The normalized spacial score (nSPS) is 11.8. The lowest BCUT2D eigenvalue weighted by atomic mass is 9.83. The molecule has 0 N–H and O–H groups in total. The Bertz CT molecular complexity index is 1220. The molecule has 0 fully saturated rings. The van der Waals surface area contributed by atoms with Crippen molar-refractivity contribution in [1.29, 1.82) is 0 Å². The van der Waals surface area contributed by atoms with Crippen molar-refractivity contribution in [2.75, 3.05) is 0 Å². The van der Waals surface area contributed by atoms with Gasteiger partial charge in [0.2, 0.25) is 0 Å². The van der Waals surface area contributed by atoms with E-state index in [-0.39, 0.29) is 0 Å². The van der Waals surface area contributed by atoms with Crippen molar-refractivity contribution < 1.29 is 0 Å². The van der Waals surface area contributed by atoms with E-state index in [9.17, 15) is 0 Å². The van der Waals surface area contributed by atoms with Crippen LogP contribution in [0.3, 0.4) is 0 Å². The van der Waals surface area contributed by atoms with Crippen LogP contribution in [0.2, 0.25) is 0 Å². The number of benzene rings is 5. The minimum Gasteiger partial charge on any atom is -0.104 e. The van der Waals surface area contributed by atoms with Crippen molar-refractivity contribution in [3.8, 4) is 0 Å². The Labute approximate surface area is 170 Å². The SMILES string of the molecule is ClC(c1ccccc1)(c1ccccc1)c1ccc2ccc3ccccc3c2c1. The Morgan fingerprint density at radius 2 is 0.929 bits per heavy atom. The fourth-order valence-corrected chi connectivity index (χ4v) is 4.42. The molecular weight excluding hydrogens is 360 g/mol. The molecule has 5 aromatic rings. The van der Waals surface area contributed by atoms with Gasteiger partial charge in [-0.05, 0) is 44.3 Å². The van der Waals surface area contributed by atoms with Crippen LogP contribution < -0.4 is 0 Å². The maximum atomic E-state index is 7.47. The molecule has 0 amide bonds. The highest BCUT2D eigenvalue weighted by Crippen LogP contribution is 2.44. The van der Waals surface area contributed by atoms with Crippen LogP contribution in [0.1, 0.15) is 16.7 Å². The van der Waals surface area contributed by atoms with Crippen LogP contribution in [0.4, 0.5) is 0 Å². The van der Waals surface area contributed by atoms with Crippen LogP contribution in [0.25, 0.3) is 21.5 Å². The van der Waals surface area contributed by atoms with Gasteiger partial charge in [-0.3, -0.25) is 0 Å². The van der Waals surface area contributed by atoms with Gasteiger partial charge in [0, 0.05) is 0 Å². The van der Waals surface area contributed by atoms with E-state index in [0.717, 1.165) is 16.7 Å². The number of hydrogen-bond donors (Lipinski definition) is 0. The van der Waals surface area contributed by atoms with Gasteiger partial charge in [-0.15, -0.1) is 11.6 Å². The van der Waals surface area contributed by atoms with E-state index in [1.54, 1.807) is 0 Å². The summed E-state index contributed by atoms with van der Waals surface area (Å²) in [6.45, 7) is 0.